The van der Waals surface area contributed by atoms with Crippen LogP contribution in [0.25, 0.3) is 0 Å². The number of hydrogen-bond acceptors (Lipinski definition) is 2. The topological polar surface area (TPSA) is 34.1 Å². The predicted molar refractivity (Wildman–Crippen MR) is 46.1 cm³/mol. The van der Waals surface area contributed by atoms with Gasteiger partial charge in [0, 0.05) is 5.56 Å². The molecule has 0 aliphatic rings. The summed E-state index contributed by atoms with van der Waals surface area (Å²) in [5.74, 6) is -0.202. The van der Waals surface area contributed by atoms with E-state index in [4.69, 9.17) is 0 Å². The van der Waals surface area contributed by atoms with Gasteiger partial charge in [-0.05, 0) is 6.92 Å². The van der Waals surface area contributed by atoms with Crippen molar-refractivity contribution in [1.82, 2.24) is 0 Å². The number of Topliss-reactive ketones (excluding diaryl/α,β-unsaturated/α-hetero) is 2. The summed E-state index contributed by atoms with van der Waals surface area (Å²) >= 11 is 0. The molecule has 1 aromatic carbocycles. The number of carbonyl (C=O) groups excluding carboxylic acids is 2. The van der Waals surface area contributed by atoms with Crippen LogP contribution in [0, 0.1) is 0 Å². The Labute approximate surface area is 114 Å². The van der Waals surface area contributed by atoms with Crippen LogP contribution in [0.5, 0.6) is 0 Å². The van der Waals surface area contributed by atoms with Gasteiger partial charge in [0.05, 0.1) is 6.42 Å². The molecular weight excluding hydrogens is 288 g/mol. The van der Waals surface area contributed by atoms with Crippen LogP contribution in [0.4, 0.5) is 0 Å². The van der Waals surface area contributed by atoms with Crippen LogP contribution in [0.15, 0.2) is 30.3 Å². The van der Waals surface area contributed by atoms with Gasteiger partial charge in [-0.2, -0.15) is 0 Å². The first-order valence-corrected chi connectivity index (χ1v) is 3.78. The fraction of sp³-hybridized carbons (Fsp3) is 0.200. The van der Waals surface area contributed by atoms with E-state index in [-0.39, 0.29) is 62.3 Å². The molecule has 1 aromatic rings. The maximum absolute atomic E-state index is 11.2. The number of benzene rings is 1. The molecular formula is C10H10Cl2O2Zn. The molecule has 1 rings (SSSR count). The summed E-state index contributed by atoms with van der Waals surface area (Å²) in [5.41, 5.74) is 0.604. The van der Waals surface area contributed by atoms with Crippen LogP contribution in [0.2, 0.25) is 0 Å². The van der Waals surface area contributed by atoms with Crippen LogP contribution >= 0.6 is 0 Å². The van der Waals surface area contributed by atoms with Gasteiger partial charge in [0.25, 0.3) is 0 Å². The quantitative estimate of drug-likeness (QED) is 0.323. The van der Waals surface area contributed by atoms with Crippen molar-refractivity contribution in [3.8, 4) is 0 Å². The molecule has 78 valence electrons. The molecule has 0 aliphatic heterocycles. The largest absolute Gasteiger partial charge is 2.00 e. The van der Waals surface area contributed by atoms with E-state index < -0.39 is 0 Å². The standard InChI is InChI=1S/C10H10O2.2ClH.Zn/c1-8(11)7-10(12)9-5-3-2-4-6-9;;;/h2-6H,7H2,1H3;2*1H;/q;;;+2/p-2. The molecule has 0 N–H and O–H groups in total. The minimum atomic E-state index is -0.108. The number of hydrogen-bond donors (Lipinski definition) is 0. The van der Waals surface area contributed by atoms with Gasteiger partial charge in [0.2, 0.25) is 0 Å². The third-order valence-corrected chi connectivity index (χ3v) is 1.51. The maximum atomic E-state index is 11.2. The zero-order valence-corrected chi connectivity index (χ0v) is 12.9. The number of halogens is 2. The molecule has 5 heteroatoms. The third-order valence-electron chi connectivity index (χ3n) is 1.51. The first-order chi connectivity index (χ1) is 5.70. The van der Waals surface area contributed by atoms with E-state index in [0.29, 0.717) is 5.56 Å². The zero-order chi connectivity index (χ0) is 8.97. The van der Waals surface area contributed by atoms with Crippen molar-refractivity contribution in [2.24, 2.45) is 0 Å². The summed E-state index contributed by atoms with van der Waals surface area (Å²) in [4.78, 5) is 21.8. The van der Waals surface area contributed by atoms with Crippen molar-refractivity contribution in [2.45, 2.75) is 13.3 Å². The van der Waals surface area contributed by atoms with E-state index in [1.807, 2.05) is 6.07 Å². The van der Waals surface area contributed by atoms with Crippen molar-refractivity contribution >= 4 is 11.6 Å². The van der Waals surface area contributed by atoms with Crippen LogP contribution in [-0.2, 0) is 24.3 Å². The molecule has 0 unspecified atom stereocenters. The van der Waals surface area contributed by atoms with Gasteiger partial charge >= 0.3 is 19.5 Å². The molecule has 0 amide bonds. The number of rotatable bonds is 3. The Kier molecular flexibility index (Phi) is 13.9. The number of ketones is 2. The van der Waals surface area contributed by atoms with Crippen molar-refractivity contribution in [2.75, 3.05) is 0 Å². The van der Waals surface area contributed by atoms with Crippen LogP contribution in [0.1, 0.15) is 23.7 Å². The summed E-state index contributed by atoms with van der Waals surface area (Å²) in [6, 6.07) is 8.84. The molecule has 2 nitrogen and oxygen atoms in total. The molecule has 0 bridgehead atoms. The van der Waals surface area contributed by atoms with Gasteiger partial charge in [-0.15, -0.1) is 0 Å². The molecule has 0 fully saturated rings. The normalized spacial score (nSPS) is 7.53. The summed E-state index contributed by atoms with van der Waals surface area (Å²) in [6.07, 6.45) is 0.00398. The van der Waals surface area contributed by atoms with E-state index >= 15 is 0 Å². The fourth-order valence-corrected chi connectivity index (χ4v) is 0.952. The van der Waals surface area contributed by atoms with Crippen molar-refractivity contribution in [3.05, 3.63) is 35.9 Å². The minimum Gasteiger partial charge on any atom is -1.00 e. The summed E-state index contributed by atoms with van der Waals surface area (Å²) in [5, 5.41) is 0. The van der Waals surface area contributed by atoms with E-state index in [0.717, 1.165) is 0 Å². The van der Waals surface area contributed by atoms with Crippen molar-refractivity contribution in [1.29, 1.82) is 0 Å². The summed E-state index contributed by atoms with van der Waals surface area (Å²) in [6.45, 7) is 1.42. The SMILES string of the molecule is CC(=O)CC(=O)c1ccccc1.[Cl-].[Cl-].[Zn+2]. The van der Waals surface area contributed by atoms with Gasteiger partial charge in [0.1, 0.15) is 5.78 Å². The first-order valence-electron chi connectivity index (χ1n) is 3.78. The van der Waals surface area contributed by atoms with Gasteiger partial charge < -0.3 is 24.8 Å². The van der Waals surface area contributed by atoms with E-state index in [1.165, 1.54) is 6.92 Å². The second-order valence-corrected chi connectivity index (χ2v) is 2.67. The third kappa shape index (κ3) is 7.66. The molecule has 0 aromatic heterocycles. The van der Waals surface area contributed by atoms with Gasteiger partial charge in [0.15, 0.2) is 5.78 Å². The Bertz CT molecular complexity index is 302. The molecule has 0 radical (unpaired) electrons. The average Bonchev–Trinajstić information content (AvgIpc) is 2.05. The van der Waals surface area contributed by atoms with Crippen LogP contribution < -0.4 is 24.8 Å². The Hall–Kier alpha value is -0.237. The van der Waals surface area contributed by atoms with Crippen molar-refractivity contribution < 1.29 is 53.9 Å². The first kappa shape index (κ1) is 20.2. The Morgan fingerprint density at radius 1 is 1.07 bits per heavy atom. The van der Waals surface area contributed by atoms with E-state index in [9.17, 15) is 9.59 Å². The predicted octanol–water partition coefficient (Wildman–Crippen LogP) is -4.15. The van der Waals surface area contributed by atoms with Gasteiger partial charge in [-0.25, -0.2) is 0 Å². The Morgan fingerprint density at radius 3 is 1.93 bits per heavy atom. The maximum Gasteiger partial charge on any atom is 2.00 e. The van der Waals surface area contributed by atoms with Gasteiger partial charge in [-0.1, -0.05) is 30.3 Å². The average molecular weight is 298 g/mol. The van der Waals surface area contributed by atoms with E-state index in [1.54, 1.807) is 24.3 Å². The Morgan fingerprint density at radius 2 is 1.53 bits per heavy atom. The zero-order valence-electron chi connectivity index (χ0n) is 8.37. The molecule has 0 aliphatic carbocycles. The molecule has 0 heterocycles. The number of carbonyl (C=O) groups is 2. The molecule has 0 spiro atoms. The molecule has 0 saturated heterocycles. The van der Waals surface area contributed by atoms with Crippen molar-refractivity contribution in [3.63, 3.8) is 0 Å². The molecule has 15 heavy (non-hydrogen) atoms. The smallest absolute Gasteiger partial charge is 1.00 e. The molecule has 0 atom stereocenters. The van der Waals surface area contributed by atoms with E-state index in [2.05, 4.69) is 0 Å². The minimum absolute atomic E-state index is 0. The van der Waals surface area contributed by atoms with Crippen LogP contribution in [-0.4, -0.2) is 11.6 Å². The summed E-state index contributed by atoms with van der Waals surface area (Å²) < 4.78 is 0. The van der Waals surface area contributed by atoms with Crippen LogP contribution in [0.3, 0.4) is 0 Å². The van der Waals surface area contributed by atoms with Gasteiger partial charge in [-0.3, -0.25) is 9.59 Å². The second kappa shape index (κ2) is 10.3. The fourth-order valence-electron chi connectivity index (χ4n) is 0.952. The monoisotopic (exact) mass is 296 g/mol. The Balaban J connectivity index is -0.000000480. The molecule has 0 saturated carbocycles. The summed E-state index contributed by atoms with van der Waals surface area (Å²) in [7, 11) is 0. The second-order valence-electron chi connectivity index (χ2n) is 2.67.